The van der Waals surface area contributed by atoms with Gasteiger partial charge in [0.2, 0.25) is 0 Å². The summed E-state index contributed by atoms with van der Waals surface area (Å²) in [4.78, 5) is 29.0. The van der Waals surface area contributed by atoms with Crippen molar-refractivity contribution in [3.63, 3.8) is 0 Å². The lowest BCUT2D eigenvalue weighted by Crippen LogP contribution is -2.14. The van der Waals surface area contributed by atoms with E-state index >= 15 is 0 Å². The maximum atomic E-state index is 12.5. The molecular formula is C19H11BrN2O4S. The average Bonchev–Trinajstić information content (AvgIpc) is 3.26. The fourth-order valence-corrected chi connectivity index (χ4v) is 3.89. The lowest BCUT2D eigenvalue weighted by atomic mass is 10.1. The van der Waals surface area contributed by atoms with Crippen molar-refractivity contribution >= 4 is 55.9 Å². The van der Waals surface area contributed by atoms with E-state index in [4.69, 9.17) is 4.42 Å². The van der Waals surface area contributed by atoms with Crippen molar-refractivity contribution in [2.75, 3.05) is 5.32 Å². The van der Waals surface area contributed by atoms with Crippen LogP contribution >= 0.6 is 27.3 Å². The van der Waals surface area contributed by atoms with Crippen molar-refractivity contribution < 1.29 is 19.1 Å². The minimum atomic E-state index is -1.12. The Morgan fingerprint density at radius 2 is 1.85 bits per heavy atom. The van der Waals surface area contributed by atoms with Gasteiger partial charge in [-0.1, -0.05) is 40.2 Å². The summed E-state index contributed by atoms with van der Waals surface area (Å²) in [6.45, 7) is 0. The van der Waals surface area contributed by atoms with E-state index in [1.807, 2.05) is 24.3 Å². The lowest BCUT2D eigenvalue weighted by molar-refractivity contribution is 0.0699. The van der Waals surface area contributed by atoms with E-state index in [2.05, 4.69) is 26.2 Å². The van der Waals surface area contributed by atoms with Crippen molar-refractivity contribution in [3.8, 4) is 10.4 Å². The van der Waals surface area contributed by atoms with Gasteiger partial charge in [-0.25, -0.2) is 9.78 Å². The fraction of sp³-hybridized carbons (Fsp3) is 0. The summed E-state index contributed by atoms with van der Waals surface area (Å²) in [5.41, 5.74) is 2.04. The minimum absolute atomic E-state index is 0.0341. The summed E-state index contributed by atoms with van der Waals surface area (Å²) < 4.78 is 6.33. The van der Waals surface area contributed by atoms with Crippen LogP contribution in [-0.4, -0.2) is 22.0 Å². The summed E-state index contributed by atoms with van der Waals surface area (Å²) in [6, 6.07) is 14.3. The van der Waals surface area contributed by atoms with Crippen molar-refractivity contribution in [1.29, 1.82) is 0 Å². The number of hydrogen-bond donors (Lipinski definition) is 2. The molecule has 0 saturated heterocycles. The molecule has 2 heterocycles. The molecule has 1 amide bonds. The van der Waals surface area contributed by atoms with Gasteiger partial charge in [0.15, 0.2) is 5.58 Å². The largest absolute Gasteiger partial charge is 0.478 e. The lowest BCUT2D eigenvalue weighted by Gasteiger charge is -2.04. The highest BCUT2D eigenvalue weighted by molar-refractivity contribution is 9.10. The number of aromatic carboxylic acids is 1. The molecule has 2 N–H and O–H groups in total. The van der Waals surface area contributed by atoms with Gasteiger partial charge >= 0.3 is 11.9 Å². The van der Waals surface area contributed by atoms with Gasteiger partial charge in [0, 0.05) is 9.85 Å². The standard InChI is InChI=1S/C19H11BrN2O4S/c20-11-7-5-10(6-8-11)16-15(19(24)25)13(9-27-16)21-17(23)18-22-12-3-1-2-4-14(12)26-18/h1-9H,(H,21,23)(H,24,25). The SMILES string of the molecule is O=C(Nc1csc(-c2ccc(Br)cc2)c1C(=O)O)c1nc2ccccc2o1. The van der Waals surface area contributed by atoms with Crippen LogP contribution in [0.4, 0.5) is 5.69 Å². The molecule has 134 valence electrons. The van der Waals surface area contributed by atoms with Crippen LogP contribution in [0.25, 0.3) is 21.5 Å². The zero-order valence-electron chi connectivity index (χ0n) is 13.6. The highest BCUT2D eigenvalue weighted by atomic mass is 79.9. The predicted molar refractivity (Wildman–Crippen MR) is 106 cm³/mol. The number of aromatic nitrogens is 1. The smallest absolute Gasteiger partial charge is 0.339 e. The molecule has 0 aliphatic heterocycles. The first-order valence-electron chi connectivity index (χ1n) is 7.80. The van der Waals surface area contributed by atoms with E-state index < -0.39 is 11.9 Å². The van der Waals surface area contributed by atoms with E-state index in [1.165, 1.54) is 11.3 Å². The molecule has 0 fully saturated rings. The topological polar surface area (TPSA) is 92.4 Å². The number of carboxylic acids is 1. The molecule has 4 rings (SSSR count). The molecule has 0 atom stereocenters. The number of fused-ring (bicyclic) bond motifs is 1. The number of halogens is 1. The highest BCUT2D eigenvalue weighted by Crippen LogP contribution is 2.36. The Labute approximate surface area is 165 Å². The van der Waals surface area contributed by atoms with Gasteiger partial charge in [0.05, 0.1) is 10.6 Å². The zero-order valence-corrected chi connectivity index (χ0v) is 16.0. The number of benzene rings is 2. The maximum absolute atomic E-state index is 12.5. The highest BCUT2D eigenvalue weighted by Gasteiger charge is 2.23. The molecule has 2 aromatic carbocycles. The van der Waals surface area contributed by atoms with E-state index in [0.717, 1.165) is 10.0 Å². The molecule has 8 heteroatoms. The second-order valence-corrected chi connectivity index (χ2v) is 7.40. The van der Waals surface area contributed by atoms with Crippen LogP contribution in [0.2, 0.25) is 0 Å². The number of thiophene rings is 1. The third kappa shape index (κ3) is 3.36. The van der Waals surface area contributed by atoms with Gasteiger partial charge in [-0.15, -0.1) is 11.3 Å². The summed E-state index contributed by atoms with van der Waals surface area (Å²) in [5.74, 6) is -1.85. The van der Waals surface area contributed by atoms with Crippen LogP contribution in [0.5, 0.6) is 0 Å². The summed E-state index contributed by atoms with van der Waals surface area (Å²) in [7, 11) is 0. The van der Waals surface area contributed by atoms with Crippen LogP contribution in [0.15, 0.2) is 62.8 Å². The molecule has 0 aliphatic carbocycles. The molecule has 27 heavy (non-hydrogen) atoms. The van der Waals surface area contributed by atoms with E-state index in [9.17, 15) is 14.7 Å². The number of anilines is 1. The number of carboxylic acid groups (broad SMARTS) is 1. The number of para-hydroxylation sites is 2. The predicted octanol–water partition coefficient (Wildman–Crippen LogP) is 5.27. The second kappa shape index (κ2) is 6.98. The van der Waals surface area contributed by atoms with Crippen LogP contribution in [0.1, 0.15) is 21.0 Å². The molecule has 2 aromatic heterocycles. The number of nitrogens with one attached hydrogen (secondary N) is 1. The van der Waals surface area contributed by atoms with Gasteiger partial charge < -0.3 is 14.8 Å². The van der Waals surface area contributed by atoms with Crippen molar-refractivity contribution in [2.24, 2.45) is 0 Å². The minimum Gasteiger partial charge on any atom is -0.478 e. The Kier molecular flexibility index (Phi) is 4.51. The molecule has 0 radical (unpaired) electrons. The fourth-order valence-electron chi connectivity index (χ4n) is 2.62. The molecule has 6 nitrogen and oxygen atoms in total. The second-order valence-electron chi connectivity index (χ2n) is 5.61. The van der Waals surface area contributed by atoms with Crippen molar-refractivity contribution in [1.82, 2.24) is 4.98 Å². The number of rotatable bonds is 4. The van der Waals surface area contributed by atoms with E-state index in [1.54, 1.807) is 29.6 Å². The Hall–Kier alpha value is -2.97. The maximum Gasteiger partial charge on any atom is 0.339 e. The first-order chi connectivity index (χ1) is 13.0. The van der Waals surface area contributed by atoms with Gasteiger partial charge in [-0.3, -0.25) is 4.79 Å². The number of amides is 1. The number of nitrogens with zero attached hydrogens (tertiary/aromatic N) is 1. The third-order valence-corrected chi connectivity index (χ3v) is 5.41. The van der Waals surface area contributed by atoms with Gasteiger partial charge in [0.25, 0.3) is 5.89 Å². The van der Waals surface area contributed by atoms with E-state index in [0.29, 0.717) is 16.0 Å². The molecule has 0 saturated carbocycles. The van der Waals surface area contributed by atoms with Gasteiger partial charge in [-0.05, 0) is 29.8 Å². The Morgan fingerprint density at radius 3 is 2.56 bits per heavy atom. The molecule has 0 bridgehead atoms. The Balaban J connectivity index is 1.68. The van der Waals surface area contributed by atoms with Gasteiger partial charge in [-0.2, -0.15) is 0 Å². The number of carbonyl (C=O) groups excluding carboxylic acids is 1. The number of hydrogen-bond acceptors (Lipinski definition) is 5. The normalized spacial score (nSPS) is 10.9. The summed E-state index contributed by atoms with van der Waals surface area (Å²) in [6.07, 6.45) is 0. The Bertz CT molecular complexity index is 1130. The van der Waals surface area contributed by atoms with Crippen LogP contribution in [-0.2, 0) is 0 Å². The zero-order chi connectivity index (χ0) is 19.0. The molecule has 0 aliphatic rings. The van der Waals surface area contributed by atoms with Gasteiger partial charge in [0.1, 0.15) is 11.1 Å². The first kappa shape index (κ1) is 17.4. The van der Waals surface area contributed by atoms with Crippen molar-refractivity contribution in [2.45, 2.75) is 0 Å². The first-order valence-corrected chi connectivity index (χ1v) is 9.48. The molecule has 4 aromatic rings. The summed E-state index contributed by atoms with van der Waals surface area (Å²) in [5, 5.41) is 13.9. The van der Waals surface area contributed by atoms with Crippen molar-refractivity contribution in [3.05, 3.63) is 69.8 Å². The van der Waals surface area contributed by atoms with Crippen LogP contribution < -0.4 is 5.32 Å². The monoisotopic (exact) mass is 442 g/mol. The van der Waals surface area contributed by atoms with Crippen LogP contribution in [0.3, 0.4) is 0 Å². The number of oxazole rings is 1. The molecule has 0 unspecified atom stereocenters. The quantitative estimate of drug-likeness (QED) is 0.448. The number of carbonyl (C=O) groups is 2. The van der Waals surface area contributed by atoms with Crippen LogP contribution in [0, 0.1) is 0 Å². The third-order valence-electron chi connectivity index (χ3n) is 3.85. The van der Waals surface area contributed by atoms with E-state index in [-0.39, 0.29) is 17.1 Å². The average molecular weight is 443 g/mol. The molecular weight excluding hydrogens is 432 g/mol. The summed E-state index contributed by atoms with van der Waals surface area (Å²) >= 11 is 4.60. The Morgan fingerprint density at radius 1 is 1.11 bits per heavy atom. The molecule has 0 spiro atoms.